The van der Waals surface area contributed by atoms with Crippen LogP contribution in [0, 0.1) is 0 Å². The van der Waals surface area contributed by atoms with Crippen LogP contribution >= 0.6 is 0 Å². The van der Waals surface area contributed by atoms with Crippen LogP contribution in [-0.4, -0.2) is 32.6 Å². The number of amides is 2. The maximum Gasteiger partial charge on any atom is 0.262 e. The van der Waals surface area contributed by atoms with Crippen molar-refractivity contribution in [1.29, 1.82) is 0 Å². The number of carbonyl (C=O) groups excluding carboxylic acids is 2. The summed E-state index contributed by atoms with van der Waals surface area (Å²) in [5.41, 5.74) is 5.96. The van der Waals surface area contributed by atoms with Crippen molar-refractivity contribution in [1.82, 2.24) is 0 Å². The zero-order valence-corrected chi connectivity index (χ0v) is 13.4. The summed E-state index contributed by atoms with van der Waals surface area (Å²) in [7, 11) is 3.03. The van der Waals surface area contributed by atoms with Crippen LogP contribution in [0.25, 0.3) is 0 Å². The second-order valence-corrected chi connectivity index (χ2v) is 4.76. The lowest BCUT2D eigenvalue weighted by Crippen LogP contribution is -2.22. The number of ether oxygens (including phenoxy) is 3. The molecule has 0 fully saturated rings. The van der Waals surface area contributed by atoms with Gasteiger partial charge in [0.25, 0.3) is 11.8 Å². The summed E-state index contributed by atoms with van der Waals surface area (Å²) >= 11 is 0. The van der Waals surface area contributed by atoms with Crippen molar-refractivity contribution in [3.63, 3.8) is 0 Å². The van der Waals surface area contributed by atoms with E-state index in [1.54, 1.807) is 36.4 Å². The van der Waals surface area contributed by atoms with Crippen LogP contribution in [-0.2, 0) is 4.79 Å². The van der Waals surface area contributed by atoms with Crippen molar-refractivity contribution in [2.24, 2.45) is 5.73 Å². The molecule has 3 N–H and O–H groups in total. The third-order valence-electron chi connectivity index (χ3n) is 3.19. The number of methoxy groups -OCH3 is 2. The molecular formula is C17H18N2O5. The average Bonchev–Trinajstić information content (AvgIpc) is 2.60. The van der Waals surface area contributed by atoms with Gasteiger partial charge in [-0.05, 0) is 24.3 Å². The second kappa shape index (κ2) is 7.87. The van der Waals surface area contributed by atoms with Crippen LogP contribution in [0.3, 0.4) is 0 Å². The summed E-state index contributed by atoms with van der Waals surface area (Å²) in [6.45, 7) is -0.278. The minimum atomic E-state index is -0.622. The van der Waals surface area contributed by atoms with E-state index in [0.717, 1.165) is 0 Å². The van der Waals surface area contributed by atoms with E-state index < -0.39 is 11.8 Å². The minimum absolute atomic E-state index is 0.215. The summed E-state index contributed by atoms with van der Waals surface area (Å²) in [5, 5.41) is 2.67. The second-order valence-electron chi connectivity index (χ2n) is 4.76. The van der Waals surface area contributed by atoms with Crippen LogP contribution in [0.2, 0.25) is 0 Å². The highest BCUT2D eigenvalue weighted by Crippen LogP contribution is 2.29. The van der Waals surface area contributed by atoms with Gasteiger partial charge in [0.05, 0.1) is 25.5 Å². The number of rotatable bonds is 7. The lowest BCUT2D eigenvalue weighted by molar-refractivity contribution is -0.118. The lowest BCUT2D eigenvalue weighted by Gasteiger charge is -2.13. The van der Waals surface area contributed by atoms with Crippen LogP contribution in [0.1, 0.15) is 10.4 Å². The highest BCUT2D eigenvalue weighted by atomic mass is 16.5. The van der Waals surface area contributed by atoms with E-state index >= 15 is 0 Å². The summed E-state index contributed by atoms with van der Waals surface area (Å²) in [4.78, 5) is 23.4. The van der Waals surface area contributed by atoms with E-state index in [1.165, 1.54) is 20.3 Å². The fraction of sp³-hybridized carbons (Fsp3) is 0.176. The number of benzene rings is 2. The molecule has 24 heavy (non-hydrogen) atoms. The molecule has 0 aliphatic carbocycles. The molecule has 126 valence electrons. The third kappa shape index (κ3) is 4.16. The molecule has 0 aliphatic heterocycles. The Bertz CT molecular complexity index is 746. The molecule has 0 spiro atoms. The van der Waals surface area contributed by atoms with Crippen molar-refractivity contribution in [2.75, 3.05) is 26.1 Å². The first-order valence-corrected chi connectivity index (χ1v) is 7.08. The highest BCUT2D eigenvalue weighted by Gasteiger charge is 2.12. The molecule has 7 heteroatoms. The first-order valence-electron chi connectivity index (χ1n) is 7.08. The molecule has 0 bridgehead atoms. The standard InChI is InChI=1S/C17H18N2O5/c1-22-11-7-8-13(15(9-11)23-2)19-16(20)10-24-14-6-4-3-5-12(14)17(18)21/h3-9H,10H2,1-2H3,(H2,18,21)(H,19,20). The molecule has 2 aromatic carbocycles. The molecular weight excluding hydrogens is 312 g/mol. The van der Waals surface area contributed by atoms with Gasteiger partial charge in [0.2, 0.25) is 0 Å². The lowest BCUT2D eigenvalue weighted by atomic mass is 10.2. The molecule has 0 aliphatic rings. The Balaban J connectivity index is 2.03. The molecule has 0 atom stereocenters. The zero-order valence-electron chi connectivity index (χ0n) is 13.4. The Morgan fingerprint density at radius 3 is 2.46 bits per heavy atom. The van der Waals surface area contributed by atoms with E-state index in [9.17, 15) is 9.59 Å². The molecule has 2 rings (SSSR count). The van der Waals surface area contributed by atoms with Gasteiger partial charge in [-0.2, -0.15) is 0 Å². The smallest absolute Gasteiger partial charge is 0.262 e. The van der Waals surface area contributed by atoms with Crippen molar-refractivity contribution < 1.29 is 23.8 Å². The van der Waals surface area contributed by atoms with Gasteiger partial charge in [0.15, 0.2) is 6.61 Å². The minimum Gasteiger partial charge on any atom is -0.497 e. The molecule has 7 nitrogen and oxygen atoms in total. The predicted octanol–water partition coefficient (Wildman–Crippen LogP) is 1.82. The number of hydrogen-bond acceptors (Lipinski definition) is 5. The first kappa shape index (κ1) is 17.1. The summed E-state index contributed by atoms with van der Waals surface area (Å²) in [6.07, 6.45) is 0. The van der Waals surface area contributed by atoms with Gasteiger partial charge in [0, 0.05) is 6.07 Å². The van der Waals surface area contributed by atoms with Crippen molar-refractivity contribution in [3.8, 4) is 17.2 Å². The molecule has 0 aromatic heterocycles. The predicted molar refractivity (Wildman–Crippen MR) is 88.6 cm³/mol. The van der Waals surface area contributed by atoms with Gasteiger partial charge in [-0.1, -0.05) is 12.1 Å². The van der Waals surface area contributed by atoms with Crippen LogP contribution < -0.4 is 25.3 Å². The third-order valence-corrected chi connectivity index (χ3v) is 3.19. The molecule has 0 saturated carbocycles. The number of para-hydroxylation sites is 1. The Morgan fingerprint density at radius 1 is 1.04 bits per heavy atom. The van der Waals surface area contributed by atoms with Gasteiger partial charge in [-0.15, -0.1) is 0 Å². The van der Waals surface area contributed by atoms with Gasteiger partial charge < -0.3 is 25.3 Å². The van der Waals surface area contributed by atoms with E-state index in [2.05, 4.69) is 5.32 Å². The highest BCUT2D eigenvalue weighted by molar-refractivity contribution is 5.96. The van der Waals surface area contributed by atoms with Crippen LogP contribution in [0.4, 0.5) is 5.69 Å². The molecule has 0 saturated heterocycles. The molecule has 0 heterocycles. The number of nitrogens with one attached hydrogen (secondary N) is 1. The van der Waals surface area contributed by atoms with Crippen molar-refractivity contribution >= 4 is 17.5 Å². The fourth-order valence-corrected chi connectivity index (χ4v) is 2.03. The normalized spacial score (nSPS) is 9.92. The summed E-state index contributed by atoms with van der Waals surface area (Å²) in [5.74, 6) is 0.291. The maximum absolute atomic E-state index is 12.1. The number of hydrogen-bond donors (Lipinski definition) is 2. The van der Waals surface area contributed by atoms with E-state index in [-0.39, 0.29) is 17.9 Å². The van der Waals surface area contributed by atoms with Gasteiger partial charge in [0.1, 0.15) is 17.2 Å². The summed E-state index contributed by atoms with van der Waals surface area (Å²) < 4.78 is 15.7. The van der Waals surface area contributed by atoms with Crippen LogP contribution in [0.5, 0.6) is 17.2 Å². The van der Waals surface area contributed by atoms with Crippen molar-refractivity contribution in [3.05, 3.63) is 48.0 Å². The zero-order chi connectivity index (χ0) is 17.5. The van der Waals surface area contributed by atoms with Crippen LogP contribution in [0.15, 0.2) is 42.5 Å². The molecule has 0 unspecified atom stereocenters. The fourth-order valence-electron chi connectivity index (χ4n) is 2.03. The SMILES string of the molecule is COc1ccc(NC(=O)COc2ccccc2C(N)=O)c(OC)c1. The Kier molecular flexibility index (Phi) is 5.62. The Labute approximate surface area is 139 Å². The summed E-state index contributed by atoms with van der Waals surface area (Å²) in [6, 6.07) is 11.5. The van der Waals surface area contributed by atoms with Gasteiger partial charge >= 0.3 is 0 Å². The van der Waals surface area contributed by atoms with Gasteiger partial charge in [-0.25, -0.2) is 0 Å². The van der Waals surface area contributed by atoms with E-state index in [4.69, 9.17) is 19.9 Å². The quantitative estimate of drug-likeness (QED) is 0.806. The Hall–Kier alpha value is -3.22. The maximum atomic E-state index is 12.1. The monoisotopic (exact) mass is 330 g/mol. The van der Waals surface area contributed by atoms with Crippen molar-refractivity contribution in [2.45, 2.75) is 0 Å². The molecule has 0 radical (unpaired) electrons. The molecule has 2 aromatic rings. The van der Waals surface area contributed by atoms with E-state index in [1.807, 2.05) is 0 Å². The number of anilines is 1. The number of carbonyl (C=O) groups is 2. The average molecular weight is 330 g/mol. The number of nitrogens with two attached hydrogens (primary N) is 1. The number of primary amides is 1. The topological polar surface area (TPSA) is 99.9 Å². The van der Waals surface area contributed by atoms with E-state index in [0.29, 0.717) is 17.2 Å². The Morgan fingerprint density at radius 2 is 1.79 bits per heavy atom. The largest absolute Gasteiger partial charge is 0.497 e. The first-order chi connectivity index (χ1) is 11.5. The van der Waals surface area contributed by atoms with Gasteiger partial charge in [-0.3, -0.25) is 9.59 Å². The molecule has 2 amide bonds.